The number of unbranched alkanes of at least 4 members (excludes halogenated alkanes) is 1. The maximum atomic E-state index is 5.14. The molecule has 0 aromatic rings. The number of hydrogen-bond acceptors (Lipinski definition) is 2. The van der Waals surface area contributed by atoms with Crippen molar-refractivity contribution in [2.24, 2.45) is 5.73 Å². The van der Waals surface area contributed by atoms with E-state index in [0.29, 0.717) is 0 Å². The Labute approximate surface area is 64.5 Å². The molecule has 0 rings (SSSR count). The summed E-state index contributed by atoms with van der Waals surface area (Å²) < 4.78 is 0. The molecule has 0 spiro atoms. The van der Waals surface area contributed by atoms with Gasteiger partial charge in [0.25, 0.3) is 0 Å². The van der Waals surface area contributed by atoms with Gasteiger partial charge >= 0.3 is 0 Å². The van der Waals surface area contributed by atoms with Gasteiger partial charge in [0.1, 0.15) is 0 Å². The normalized spacial score (nSPS) is 7.80. The molecule has 0 aromatic carbocycles. The fraction of sp³-hybridized carbons (Fsp3) is 1.00. The van der Waals surface area contributed by atoms with Crippen LogP contribution in [0.3, 0.4) is 0 Å². The van der Waals surface area contributed by atoms with Crippen LogP contribution in [-0.4, -0.2) is 38.1 Å². The lowest BCUT2D eigenvalue weighted by atomic mass is 10.3. The second-order valence-corrected chi connectivity index (χ2v) is 2.48. The molecule has 0 atom stereocenters. The van der Waals surface area contributed by atoms with Crippen molar-refractivity contribution in [1.82, 2.24) is 4.90 Å². The highest BCUT2D eigenvalue weighted by molar-refractivity contribution is 4.29. The lowest BCUT2D eigenvalue weighted by Gasteiger charge is -1.90. The Hall–Kier alpha value is -0.120. The highest BCUT2D eigenvalue weighted by Gasteiger charge is 1.67. The van der Waals surface area contributed by atoms with Crippen molar-refractivity contribution in [1.29, 1.82) is 0 Å². The predicted octanol–water partition coefficient (Wildman–Crippen LogP) is 0.0983. The lowest BCUT2D eigenvalue weighted by Crippen LogP contribution is -1.99. The van der Waals surface area contributed by atoms with E-state index in [-0.39, 0.29) is 5.48 Å². The van der Waals surface area contributed by atoms with Crippen LogP contribution < -0.4 is 5.73 Å². The highest BCUT2D eigenvalue weighted by Crippen LogP contribution is 1.77. The van der Waals surface area contributed by atoms with Crippen molar-refractivity contribution >= 4 is 0 Å². The Morgan fingerprint density at radius 1 is 1.20 bits per heavy atom. The first-order valence-electron chi connectivity index (χ1n) is 3.46. The molecule has 0 unspecified atom stereocenters. The Morgan fingerprint density at radius 2 is 1.50 bits per heavy atom. The molecule has 3 nitrogen and oxygen atoms in total. The van der Waals surface area contributed by atoms with E-state index in [1.165, 1.54) is 12.8 Å². The Morgan fingerprint density at radius 3 is 1.50 bits per heavy atom. The fourth-order valence-corrected chi connectivity index (χ4v) is 0.204. The van der Waals surface area contributed by atoms with E-state index in [1.807, 2.05) is 26.0 Å². The van der Waals surface area contributed by atoms with Crippen molar-refractivity contribution in [3.63, 3.8) is 0 Å². The molecule has 3 heteroatoms. The van der Waals surface area contributed by atoms with Gasteiger partial charge in [-0.1, -0.05) is 13.3 Å². The molecular formula is C7H22N2O. The average Bonchev–Trinajstić information content (AvgIpc) is 1.66. The third-order valence-corrected chi connectivity index (χ3v) is 0.558. The van der Waals surface area contributed by atoms with Crippen molar-refractivity contribution in [2.75, 3.05) is 27.7 Å². The molecular weight excluding hydrogens is 128 g/mol. The highest BCUT2D eigenvalue weighted by atomic mass is 16.0. The first kappa shape index (κ1) is 16.5. The number of rotatable bonds is 2. The molecule has 0 bridgehead atoms. The van der Waals surface area contributed by atoms with Gasteiger partial charge in [0.15, 0.2) is 0 Å². The summed E-state index contributed by atoms with van der Waals surface area (Å²) in [5.74, 6) is 0. The van der Waals surface area contributed by atoms with Gasteiger partial charge in [-0.2, -0.15) is 0 Å². The minimum atomic E-state index is 0. The van der Waals surface area contributed by atoms with Gasteiger partial charge in [0.05, 0.1) is 0 Å². The summed E-state index contributed by atoms with van der Waals surface area (Å²) in [7, 11) is 6.00. The third kappa shape index (κ3) is 106. The molecule has 0 aliphatic carbocycles. The molecule has 0 radical (unpaired) electrons. The van der Waals surface area contributed by atoms with Gasteiger partial charge < -0.3 is 16.1 Å². The second kappa shape index (κ2) is 15.9. The summed E-state index contributed by atoms with van der Waals surface area (Å²) in [6.45, 7) is 2.98. The zero-order valence-corrected chi connectivity index (χ0v) is 7.65. The van der Waals surface area contributed by atoms with Crippen LogP contribution in [0.15, 0.2) is 0 Å². The predicted molar refractivity (Wildman–Crippen MR) is 47.2 cm³/mol. The monoisotopic (exact) mass is 150 g/mol. The lowest BCUT2D eigenvalue weighted by molar-refractivity contribution is 0.505. The minimum Gasteiger partial charge on any atom is -0.412 e. The van der Waals surface area contributed by atoms with Crippen LogP contribution >= 0.6 is 0 Å². The Balaban J connectivity index is -0.0000000910. The maximum absolute atomic E-state index is 5.14. The van der Waals surface area contributed by atoms with Crippen molar-refractivity contribution in [2.45, 2.75) is 19.8 Å². The maximum Gasteiger partial charge on any atom is -0.00774 e. The van der Waals surface area contributed by atoms with Gasteiger partial charge in [0.2, 0.25) is 0 Å². The summed E-state index contributed by atoms with van der Waals surface area (Å²) in [6, 6.07) is 0. The van der Waals surface area contributed by atoms with Gasteiger partial charge in [0, 0.05) is 0 Å². The SMILES string of the molecule is CCCCN.CN(C)C.O. The van der Waals surface area contributed by atoms with Crippen LogP contribution in [0, 0.1) is 0 Å². The van der Waals surface area contributed by atoms with E-state index < -0.39 is 0 Å². The van der Waals surface area contributed by atoms with E-state index in [9.17, 15) is 0 Å². The Kier molecular flexibility index (Phi) is 26.2. The van der Waals surface area contributed by atoms with Crippen molar-refractivity contribution in [3.8, 4) is 0 Å². The smallest absolute Gasteiger partial charge is 0.00774 e. The first-order chi connectivity index (χ1) is 4.15. The van der Waals surface area contributed by atoms with Gasteiger partial charge in [-0.3, -0.25) is 0 Å². The Bertz CT molecular complexity index is 35.8. The zero-order chi connectivity index (χ0) is 7.70. The molecule has 4 N–H and O–H groups in total. The summed E-state index contributed by atoms with van der Waals surface area (Å²) in [4.78, 5) is 2.00. The van der Waals surface area contributed by atoms with Crippen LogP contribution in [0.1, 0.15) is 19.8 Å². The van der Waals surface area contributed by atoms with Crippen LogP contribution in [0.4, 0.5) is 0 Å². The summed E-state index contributed by atoms with van der Waals surface area (Å²) >= 11 is 0. The van der Waals surface area contributed by atoms with Crippen LogP contribution in [0.5, 0.6) is 0 Å². The average molecular weight is 150 g/mol. The molecule has 0 saturated carbocycles. The molecule has 0 amide bonds. The van der Waals surface area contributed by atoms with E-state index >= 15 is 0 Å². The number of nitrogens with zero attached hydrogens (tertiary/aromatic N) is 1. The van der Waals surface area contributed by atoms with E-state index in [1.54, 1.807) is 0 Å². The molecule has 0 saturated heterocycles. The molecule has 0 heterocycles. The molecule has 0 aromatic heterocycles. The van der Waals surface area contributed by atoms with E-state index in [4.69, 9.17) is 5.73 Å². The third-order valence-electron chi connectivity index (χ3n) is 0.558. The van der Waals surface area contributed by atoms with Crippen molar-refractivity contribution < 1.29 is 5.48 Å². The second-order valence-electron chi connectivity index (χ2n) is 2.48. The fourth-order valence-electron chi connectivity index (χ4n) is 0.204. The minimum absolute atomic E-state index is 0. The van der Waals surface area contributed by atoms with Gasteiger partial charge in [-0.05, 0) is 34.1 Å². The zero-order valence-electron chi connectivity index (χ0n) is 7.65. The van der Waals surface area contributed by atoms with Crippen LogP contribution in [0.2, 0.25) is 0 Å². The topological polar surface area (TPSA) is 60.8 Å². The molecule has 0 fully saturated rings. The number of hydrogen-bond donors (Lipinski definition) is 1. The van der Waals surface area contributed by atoms with E-state index in [2.05, 4.69) is 6.92 Å². The van der Waals surface area contributed by atoms with Crippen LogP contribution in [-0.2, 0) is 0 Å². The summed E-state index contributed by atoms with van der Waals surface area (Å²) in [6.07, 6.45) is 2.39. The van der Waals surface area contributed by atoms with Crippen molar-refractivity contribution in [3.05, 3.63) is 0 Å². The molecule has 0 aliphatic heterocycles. The van der Waals surface area contributed by atoms with Gasteiger partial charge in [-0.15, -0.1) is 0 Å². The largest absolute Gasteiger partial charge is 0.412 e. The number of nitrogens with two attached hydrogens (primary N) is 1. The van der Waals surface area contributed by atoms with Gasteiger partial charge in [-0.25, -0.2) is 0 Å². The summed E-state index contributed by atoms with van der Waals surface area (Å²) in [5, 5.41) is 0. The summed E-state index contributed by atoms with van der Waals surface area (Å²) in [5.41, 5.74) is 5.14. The van der Waals surface area contributed by atoms with Crippen LogP contribution in [0.25, 0.3) is 0 Å². The first-order valence-corrected chi connectivity index (χ1v) is 3.46. The molecule has 66 valence electrons. The molecule has 0 aliphatic rings. The molecule has 10 heavy (non-hydrogen) atoms. The quantitative estimate of drug-likeness (QED) is 0.607. The standard InChI is InChI=1S/C4H11N.C3H9N.H2O/c1-2-3-4-5;1-4(2)3;/h2-5H2,1H3;1-3H3;1H2. The van der Waals surface area contributed by atoms with E-state index in [0.717, 1.165) is 6.54 Å².